The first-order valence-corrected chi connectivity index (χ1v) is 6.71. The van der Waals surface area contributed by atoms with Gasteiger partial charge >= 0.3 is 6.03 Å². The van der Waals surface area contributed by atoms with Crippen LogP contribution < -0.4 is 16.0 Å². The third kappa shape index (κ3) is 6.28. The highest BCUT2D eigenvalue weighted by atomic mass is 16.2. The van der Waals surface area contributed by atoms with E-state index < -0.39 is 11.9 Å². The molecule has 1 aromatic heterocycles. The smallest absolute Gasteiger partial charge is 0.321 e. The Labute approximate surface area is 118 Å². The van der Waals surface area contributed by atoms with Crippen molar-refractivity contribution in [1.82, 2.24) is 30.9 Å². The zero-order valence-corrected chi connectivity index (χ0v) is 12.1. The number of urea groups is 1. The van der Waals surface area contributed by atoms with Crippen LogP contribution in [-0.4, -0.2) is 39.5 Å². The lowest BCUT2D eigenvalue weighted by Crippen LogP contribution is -2.43. The largest absolute Gasteiger partial charge is 0.336 e. The number of nitrogens with zero attached hydrogens (tertiary/aromatic N) is 3. The van der Waals surface area contributed by atoms with Gasteiger partial charge in [-0.15, -0.1) is 5.10 Å². The standard InChI is InChI=1S/C12H22N6O2/c1-4-5-13-6-10-7-18(17-16-10)8-11(19)15-12(20)14-9(2)3/h7,9,13H,4-6,8H2,1-3H3,(H2,14,15,19,20). The van der Waals surface area contributed by atoms with Gasteiger partial charge in [0.15, 0.2) is 0 Å². The molecule has 0 saturated carbocycles. The van der Waals surface area contributed by atoms with Gasteiger partial charge in [0, 0.05) is 12.6 Å². The van der Waals surface area contributed by atoms with Crippen LogP contribution in [0.3, 0.4) is 0 Å². The second-order valence-electron chi connectivity index (χ2n) is 4.76. The molecule has 0 aromatic carbocycles. The second kappa shape index (κ2) is 8.26. The van der Waals surface area contributed by atoms with Crippen molar-refractivity contribution in [2.45, 2.75) is 46.3 Å². The number of carbonyl (C=O) groups excluding carboxylic acids is 2. The molecule has 3 N–H and O–H groups in total. The summed E-state index contributed by atoms with van der Waals surface area (Å²) >= 11 is 0. The molecule has 0 atom stereocenters. The van der Waals surface area contributed by atoms with E-state index >= 15 is 0 Å². The van der Waals surface area contributed by atoms with E-state index in [0.29, 0.717) is 6.54 Å². The van der Waals surface area contributed by atoms with Crippen molar-refractivity contribution >= 4 is 11.9 Å². The van der Waals surface area contributed by atoms with Crippen molar-refractivity contribution in [2.24, 2.45) is 0 Å². The molecular weight excluding hydrogens is 260 g/mol. The van der Waals surface area contributed by atoms with E-state index in [2.05, 4.69) is 33.2 Å². The molecule has 1 heterocycles. The monoisotopic (exact) mass is 282 g/mol. The van der Waals surface area contributed by atoms with Crippen LogP contribution in [0.1, 0.15) is 32.9 Å². The molecule has 1 aromatic rings. The fourth-order valence-corrected chi connectivity index (χ4v) is 1.50. The number of carbonyl (C=O) groups is 2. The van der Waals surface area contributed by atoms with E-state index in [-0.39, 0.29) is 12.6 Å². The van der Waals surface area contributed by atoms with E-state index in [1.165, 1.54) is 4.68 Å². The van der Waals surface area contributed by atoms with Crippen LogP contribution in [0.4, 0.5) is 4.79 Å². The third-order valence-electron chi connectivity index (χ3n) is 2.30. The molecule has 0 fully saturated rings. The van der Waals surface area contributed by atoms with Crippen LogP contribution in [0.15, 0.2) is 6.20 Å². The van der Waals surface area contributed by atoms with Crippen LogP contribution in [0, 0.1) is 0 Å². The van der Waals surface area contributed by atoms with Gasteiger partial charge in [-0.2, -0.15) is 0 Å². The average Bonchev–Trinajstić information content (AvgIpc) is 2.75. The average molecular weight is 282 g/mol. The second-order valence-corrected chi connectivity index (χ2v) is 4.76. The van der Waals surface area contributed by atoms with E-state index in [1.807, 2.05) is 13.8 Å². The Bertz CT molecular complexity index is 443. The van der Waals surface area contributed by atoms with Crippen LogP contribution in [-0.2, 0) is 17.9 Å². The molecule has 0 bridgehead atoms. The van der Waals surface area contributed by atoms with Crippen molar-refractivity contribution in [3.8, 4) is 0 Å². The van der Waals surface area contributed by atoms with Crippen molar-refractivity contribution in [1.29, 1.82) is 0 Å². The van der Waals surface area contributed by atoms with Gasteiger partial charge in [-0.1, -0.05) is 12.1 Å². The first kappa shape index (κ1) is 16.1. The molecule has 0 saturated heterocycles. The molecule has 1 rings (SSSR count). The van der Waals surface area contributed by atoms with Crippen LogP contribution in [0.25, 0.3) is 0 Å². The summed E-state index contributed by atoms with van der Waals surface area (Å²) in [5.74, 6) is -0.430. The molecule has 8 nitrogen and oxygen atoms in total. The Morgan fingerprint density at radius 1 is 1.40 bits per heavy atom. The minimum absolute atomic E-state index is 0.0228. The van der Waals surface area contributed by atoms with Gasteiger partial charge in [0.25, 0.3) is 0 Å². The third-order valence-corrected chi connectivity index (χ3v) is 2.30. The molecule has 0 unspecified atom stereocenters. The van der Waals surface area contributed by atoms with Gasteiger partial charge in [0.05, 0.1) is 11.9 Å². The molecule has 0 aliphatic heterocycles. The summed E-state index contributed by atoms with van der Waals surface area (Å²) in [6, 6.07) is -0.527. The Hall–Kier alpha value is -1.96. The summed E-state index contributed by atoms with van der Waals surface area (Å²) in [6.45, 7) is 7.20. The van der Waals surface area contributed by atoms with Gasteiger partial charge in [-0.25, -0.2) is 9.48 Å². The number of nitrogens with one attached hydrogen (secondary N) is 3. The van der Waals surface area contributed by atoms with Crippen LogP contribution in [0.2, 0.25) is 0 Å². The van der Waals surface area contributed by atoms with E-state index in [0.717, 1.165) is 18.7 Å². The maximum Gasteiger partial charge on any atom is 0.321 e. The summed E-state index contributed by atoms with van der Waals surface area (Å²) in [4.78, 5) is 22.9. The highest BCUT2D eigenvalue weighted by molar-refractivity contribution is 5.94. The lowest BCUT2D eigenvalue weighted by atomic mass is 10.4. The van der Waals surface area contributed by atoms with Gasteiger partial charge in [0.2, 0.25) is 5.91 Å². The number of hydrogen-bond donors (Lipinski definition) is 3. The minimum Gasteiger partial charge on any atom is -0.336 e. The molecule has 112 valence electrons. The Morgan fingerprint density at radius 2 is 2.15 bits per heavy atom. The Balaban J connectivity index is 2.36. The molecule has 0 aliphatic carbocycles. The molecular formula is C12H22N6O2. The van der Waals surface area contributed by atoms with Gasteiger partial charge < -0.3 is 10.6 Å². The van der Waals surface area contributed by atoms with Crippen molar-refractivity contribution in [3.63, 3.8) is 0 Å². The number of amides is 3. The van der Waals surface area contributed by atoms with Crippen LogP contribution in [0.5, 0.6) is 0 Å². The topological polar surface area (TPSA) is 101 Å². The summed E-state index contributed by atoms with van der Waals surface area (Å²) in [7, 11) is 0. The Morgan fingerprint density at radius 3 is 2.80 bits per heavy atom. The molecule has 0 spiro atoms. The molecule has 20 heavy (non-hydrogen) atoms. The van der Waals surface area contributed by atoms with Crippen LogP contribution >= 0.6 is 0 Å². The zero-order chi connectivity index (χ0) is 15.0. The van der Waals surface area contributed by atoms with Crippen molar-refractivity contribution in [3.05, 3.63) is 11.9 Å². The minimum atomic E-state index is -0.505. The maximum atomic E-state index is 11.6. The number of rotatable bonds is 7. The molecule has 3 amide bonds. The van der Waals surface area contributed by atoms with Gasteiger partial charge in [-0.05, 0) is 26.8 Å². The fraction of sp³-hybridized carbons (Fsp3) is 0.667. The van der Waals surface area contributed by atoms with Gasteiger partial charge in [-0.3, -0.25) is 10.1 Å². The summed E-state index contributed by atoms with van der Waals surface area (Å²) < 4.78 is 1.40. The quantitative estimate of drug-likeness (QED) is 0.612. The zero-order valence-electron chi connectivity index (χ0n) is 12.1. The Kier molecular flexibility index (Phi) is 6.65. The summed E-state index contributed by atoms with van der Waals surface area (Å²) in [5.41, 5.74) is 0.762. The molecule has 8 heteroatoms. The lowest BCUT2D eigenvalue weighted by Gasteiger charge is -2.08. The highest BCUT2D eigenvalue weighted by Crippen LogP contribution is 1.93. The first-order valence-electron chi connectivity index (χ1n) is 6.71. The summed E-state index contributed by atoms with van der Waals surface area (Å²) in [6.07, 6.45) is 2.73. The molecule has 0 aliphatic rings. The predicted octanol–water partition coefficient (Wildman–Crippen LogP) is 0.0119. The fourth-order valence-electron chi connectivity index (χ4n) is 1.50. The lowest BCUT2D eigenvalue weighted by molar-refractivity contribution is -0.120. The van der Waals surface area contributed by atoms with Gasteiger partial charge in [0.1, 0.15) is 6.54 Å². The van der Waals surface area contributed by atoms with E-state index in [4.69, 9.17) is 0 Å². The maximum absolute atomic E-state index is 11.6. The van der Waals surface area contributed by atoms with E-state index in [1.54, 1.807) is 6.20 Å². The number of aromatic nitrogens is 3. The van der Waals surface area contributed by atoms with Crippen molar-refractivity contribution in [2.75, 3.05) is 6.54 Å². The SMILES string of the molecule is CCCNCc1cn(CC(=O)NC(=O)NC(C)C)nn1. The first-order chi connectivity index (χ1) is 9.51. The summed E-state index contributed by atoms with van der Waals surface area (Å²) in [5, 5.41) is 15.8. The normalized spacial score (nSPS) is 10.6. The van der Waals surface area contributed by atoms with E-state index in [9.17, 15) is 9.59 Å². The highest BCUT2D eigenvalue weighted by Gasteiger charge is 2.10. The molecule has 0 radical (unpaired) electrons. The number of hydrogen-bond acceptors (Lipinski definition) is 5. The number of imide groups is 1. The van der Waals surface area contributed by atoms with Crippen molar-refractivity contribution < 1.29 is 9.59 Å². The predicted molar refractivity (Wildman–Crippen MR) is 73.8 cm³/mol.